The van der Waals surface area contributed by atoms with Crippen LogP contribution in [0, 0.1) is 11.8 Å². The fourth-order valence-electron chi connectivity index (χ4n) is 1.42. The van der Waals surface area contributed by atoms with Crippen LogP contribution >= 0.6 is 0 Å². The maximum atomic E-state index is 11.9. The number of nitrogens with one attached hydrogen (secondary N) is 1. The fourth-order valence-corrected chi connectivity index (χ4v) is 1.42. The fraction of sp³-hybridized carbons (Fsp3) is 0.533. The molecule has 2 atom stereocenters. The summed E-state index contributed by atoms with van der Waals surface area (Å²) >= 11 is 0. The molecule has 1 aromatic rings. The van der Waals surface area contributed by atoms with Gasteiger partial charge >= 0.3 is 0 Å². The Morgan fingerprint density at radius 1 is 1.32 bits per heavy atom. The molecule has 0 aliphatic carbocycles. The second kappa shape index (κ2) is 7.14. The lowest BCUT2D eigenvalue weighted by Gasteiger charge is -2.16. The predicted molar refractivity (Wildman–Crippen MR) is 78.2 cm³/mol. The van der Waals surface area contributed by atoms with Gasteiger partial charge in [0, 0.05) is 17.8 Å². The summed E-state index contributed by atoms with van der Waals surface area (Å²) in [6, 6.07) is 7.25. The summed E-state index contributed by atoms with van der Waals surface area (Å²) in [5.41, 5.74) is 6.45. The second-order valence-corrected chi connectivity index (χ2v) is 5.37. The van der Waals surface area contributed by atoms with Gasteiger partial charge in [-0.2, -0.15) is 0 Å². The summed E-state index contributed by atoms with van der Waals surface area (Å²) < 4.78 is 5.62. The Balaban J connectivity index is 2.64. The van der Waals surface area contributed by atoms with E-state index in [9.17, 15) is 4.79 Å². The SMILES string of the molecule is CC(C)COc1cccc(NC(=O)C(C)C(C)N)c1. The Morgan fingerprint density at radius 2 is 2.00 bits per heavy atom. The van der Waals surface area contributed by atoms with Gasteiger partial charge in [-0.05, 0) is 25.0 Å². The average Bonchev–Trinajstić information content (AvgIpc) is 2.35. The van der Waals surface area contributed by atoms with Crippen molar-refractivity contribution in [1.82, 2.24) is 0 Å². The van der Waals surface area contributed by atoms with E-state index in [2.05, 4.69) is 19.2 Å². The first kappa shape index (κ1) is 15.5. The molecule has 2 unspecified atom stereocenters. The van der Waals surface area contributed by atoms with Crippen LogP contribution in [0.5, 0.6) is 5.75 Å². The van der Waals surface area contributed by atoms with Crippen molar-refractivity contribution in [1.29, 1.82) is 0 Å². The number of carbonyl (C=O) groups excluding carboxylic acids is 1. The Morgan fingerprint density at radius 3 is 2.58 bits per heavy atom. The molecule has 106 valence electrons. The summed E-state index contributed by atoms with van der Waals surface area (Å²) in [7, 11) is 0. The van der Waals surface area contributed by atoms with E-state index in [0.717, 1.165) is 11.4 Å². The predicted octanol–water partition coefficient (Wildman–Crippen LogP) is 2.64. The van der Waals surface area contributed by atoms with Crippen LogP contribution in [0.2, 0.25) is 0 Å². The zero-order valence-corrected chi connectivity index (χ0v) is 12.1. The van der Waals surface area contributed by atoms with E-state index in [-0.39, 0.29) is 17.9 Å². The van der Waals surface area contributed by atoms with Gasteiger partial charge in [0.05, 0.1) is 12.5 Å². The summed E-state index contributed by atoms with van der Waals surface area (Å²) in [5.74, 6) is 0.938. The molecule has 4 nitrogen and oxygen atoms in total. The zero-order chi connectivity index (χ0) is 14.4. The molecule has 0 aliphatic heterocycles. The quantitative estimate of drug-likeness (QED) is 0.830. The van der Waals surface area contributed by atoms with E-state index in [0.29, 0.717) is 12.5 Å². The molecule has 0 aliphatic rings. The van der Waals surface area contributed by atoms with Crippen LogP contribution in [0.3, 0.4) is 0 Å². The minimum atomic E-state index is -0.222. The van der Waals surface area contributed by atoms with Gasteiger partial charge in [0.2, 0.25) is 5.91 Å². The summed E-state index contributed by atoms with van der Waals surface area (Å²) in [4.78, 5) is 11.9. The van der Waals surface area contributed by atoms with Gasteiger partial charge in [-0.3, -0.25) is 4.79 Å². The lowest BCUT2D eigenvalue weighted by molar-refractivity contribution is -0.119. The molecule has 0 radical (unpaired) electrons. The van der Waals surface area contributed by atoms with Gasteiger partial charge in [0.25, 0.3) is 0 Å². The van der Waals surface area contributed by atoms with Gasteiger partial charge in [-0.15, -0.1) is 0 Å². The van der Waals surface area contributed by atoms with Crippen LogP contribution < -0.4 is 15.8 Å². The maximum Gasteiger partial charge on any atom is 0.228 e. The third kappa shape index (κ3) is 5.30. The molecule has 0 saturated carbocycles. The van der Waals surface area contributed by atoms with Crippen LogP contribution in [0.1, 0.15) is 27.7 Å². The van der Waals surface area contributed by atoms with Gasteiger partial charge in [0.15, 0.2) is 0 Å². The van der Waals surface area contributed by atoms with E-state index in [4.69, 9.17) is 10.5 Å². The highest BCUT2D eigenvalue weighted by atomic mass is 16.5. The largest absolute Gasteiger partial charge is 0.493 e. The highest BCUT2D eigenvalue weighted by Crippen LogP contribution is 2.19. The molecular formula is C15H24N2O2. The minimum absolute atomic E-state index is 0.0731. The van der Waals surface area contributed by atoms with Gasteiger partial charge in [0.1, 0.15) is 5.75 Å². The molecule has 0 spiro atoms. The molecule has 3 N–H and O–H groups in total. The first-order chi connectivity index (χ1) is 8.90. The molecule has 1 rings (SSSR count). The van der Waals surface area contributed by atoms with E-state index in [1.165, 1.54) is 0 Å². The number of nitrogens with two attached hydrogens (primary N) is 1. The second-order valence-electron chi connectivity index (χ2n) is 5.37. The van der Waals surface area contributed by atoms with Gasteiger partial charge < -0.3 is 15.8 Å². The standard InChI is InChI=1S/C15H24N2O2/c1-10(2)9-19-14-7-5-6-13(8-14)17-15(18)11(3)12(4)16/h5-8,10-12H,9,16H2,1-4H3,(H,17,18). The minimum Gasteiger partial charge on any atom is -0.493 e. The summed E-state index contributed by atoms with van der Waals surface area (Å²) in [5, 5.41) is 2.85. The molecule has 0 fully saturated rings. The van der Waals surface area contributed by atoms with Crippen molar-refractivity contribution in [3.8, 4) is 5.75 Å². The molecule has 0 aromatic heterocycles. The number of hydrogen-bond donors (Lipinski definition) is 2. The van der Waals surface area contributed by atoms with Crippen LogP contribution in [0.25, 0.3) is 0 Å². The molecule has 1 aromatic carbocycles. The van der Waals surface area contributed by atoms with Crippen LogP contribution in [-0.4, -0.2) is 18.6 Å². The highest BCUT2D eigenvalue weighted by Gasteiger charge is 2.17. The van der Waals surface area contributed by atoms with E-state index >= 15 is 0 Å². The zero-order valence-electron chi connectivity index (χ0n) is 12.1. The molecule has 0 heterocycles. The number of benzene rings is 1. The number of anilines is 1. The molecule has 1 amide bonds. The Bertz CT molecular complexity index is 416. The smallest absolute Gasteiger partial charge is 0.228 e. The average molecular weight is 264 g/mol. The topological polar surface area (TPSA) is 64.3 Å². The van der Waals surface area contributed by atoms with Crippen molar-refractivity contribution in [2.45, 2.75) is 33.7 Å². The third-order valence-electron chi connectivity index (χ3n) is 2.89. The first-order valence-corrected chi connectivity index (χ1v) is 6.69. The third-order valence-corrected chi connectivity index (χ3v) is 2.89. The summed E-state index contributed by atoms with van der Waals surface area (Å²) in [6.45, 7) is 8.49. The van der Waals surface area contributed by atoms with Crippen molar-refractivity contribution in [2.75, 3.05) is 11.9 Å². The van der Waals surface area contributed by atoms with Gasteiger partial charge in [-0.1, -0.05) is 26.8 Å². The molecule has 0 saturated heterocycles. The number of carbonyl (C=O) groups is 1. The highest BCUT2D eigenvalue weighted by molar-refractivity contribution is 5.92. The van der Waals surface area contributed by atoms with E-state index < -0.39 is 0 Å². The Kier molecular flexibility index (Phi) is 5.83. The van der Waals surface area contributed by atoms with E-state index in [1.54, 1.807) is 0 Å². The van der Waals surface area contributed by atoms with Crippen molar-refractivity contribution in [2.24, 2.45) is 17.6 Å². The van der Waals surface area contributed by atoms with Crippen molar-refractivity contribution in [3.05, 3.63) is 24.3 Å². The monoisotopic (exact) mass is 264 g/mol. The molecule has 0 bridgehead atoms. The van der Waals surface area contributed by atoms with Crippen LogP contribution in [0.15, 0.2) is 24.3 Å². The molecular weight excluding hydrogens is 240 g/mol. The number of ether oxygens (including phenoxy) is 1. The number of hydrogen-bond acceptors (Lipinski definition) is 3. The normalized spacial score (nSPS) is 14.0. The molecule has 4 heteroatoms. The Labute approximate surface area is 115 Å². The van der Waals surface area contributed by atoms with Crippen molar-refractivity contribution >= 4 is 11.6 Å². The number of amides is 1. The Hall–Kier alpha value is -1.55. The maximum absolute atomic E-state index is 11.9. The van der Waals surface area contributed by atoms with Crippen LogP contribution in [-0.2, 0) is 4.79 Å². The first-order valence-electron chi connectivity index (χ1n) is 6.69. The number of rotatable bonds is 6. The van der Waals surface area contributed by atoms with Crippen molar-refractivity contribution in [3.63, 3.8) is 0 Å². The van der Waals surface area contributed by atoms with Crippen LogP contribution in [0.4, 0.5) is 5.69 Å². The summed E-state index contributed by atoms with van der Waals surface area (Å²) in [6.07, 6.45) is 0. The van der Waals surface area contributed by atoms with E-state index in [1.807, 2.05) is 38.1 Å². The lowest BCUT2D eigenvalue weighted by atomic mass is 10.0. The molecule has 19 heavy (non-hydrogen) atoms. The van der Waals surface area contributed by atoms with Crippen molar-refractivity contribution < 1.29 is 9.53 Å². The van der Waals surface area contributed by atoms with Gasteiger partial charge in [-0.25, -0.2) is 0 Å². The lowest BCUT2D eigenvalue weighted by Crippen LogP contribution is -2.34.